The fraction of sp³-hybridized carbons (Fsp3) is 0.875. The first-order chi connectivity index (χ1) is 10.3. The van der Waals surface area contributed by atoms with Gasteiger partial charge in [-0.25, -0.2) is 0 Å². The molecule has 6 heteroatoms. The summed E-state index contributed by atoms with van der Waals surface area (Å²) >= 11 is 0. The topological polar surface area (TPSA) is 75.9 Å². The van der Waals surface area contributed by atoms with Crippen molar-refractivity contribution in [2.24, 2.45) is 17.1 Å². The minimum absolute atomic E-state index is 0.0347. The molecule has 0 spiro atoms. The summed E-state index contributed by atoms with van der Waals surface area (Å²) < 4.78 is 5.87. The molecule has 2 aliphatic heterocycles. The molecule has 1 saturated carbocycles. The van der Waals surface area contributed by atoms with Gasteiger partial charge < -0.3 is 20.3 Å². The van der Waals surface area contributed by atoms with Crippen LogP contribution in [0.5, 0.6) is 0 Å². The van der Waals surface area contributed by atoms with Gasteiger partial charge in [-0.1, -0.05) is 13.8 Å². The van der Waals surface area contributed by atoms with Crippen LogP contribution in [0.2, 0.25) is 0 Å². The van der Waals surface area contributed by atoms with Crippen molar-refractivity contribution in [1.29, 1.82) is 0 Å². The molecule has 3 rings (SSSR count). The number of piperazine rings is 1. The summed E-state index contributed by atoms with van der Waals surface area (Å²) in [6, 6.07) is 0. The van der Waals surface area contributed by atoms with Gasteiger partial charge in [0.25, 0.3) is 0 Å². The van der Waals surface area contributed by atoms with E-state index in [2.05, 4.69) is 0 Å². The van der Waals surface area contributed by atoms with Crippen LogP contribution in [0.25, 0.3) is 0 Å². The molecule has 3 unspecified atom stereocenters. The van der Waals surface area contributed by atoms with Crippen LogP contribution >= 0.6 is 0 Å². The van der Waals surface area contributed by atoms with Crippen LogP contribution in [0.3, 0.4) is 0 Å². The maximum atomic E-state index is 13.1. The first-order valence-corrected chi connectivity index (χ1v) is 8.25. The lowest BCUT2D eigenvalue weighted by atomic mass is 9.46. The molecule has 22 heavy (non-hydrogen) atoms. The van der Waals surface area contributed by atoms with Crippen LogP contribution in [0.15, 0.2) is 0 Å². The highest BCUT2D eigenvalue weighted by Gasteiger charge is 2.70. The summed E-state index contributed by atoms with van der Waals surface area (Å²) in [6.07, 6.45) is 2.03. The number of nitrogens with two attached hydrogens (primary N) is 1. The van der Waals surface area contributed by atoms with Crippen molar-refractivity contribution < 1.29 is 14.3 Å². The van der Waals surface area contributed by atoms with Gasteiger partial charge in [-0.05, 0) is 12.8 Å². The lowest BCUT2D eigenvalue weighted by molar-refractivity contribution is -0.230. The third-order valence-electron chi connectivity index (χ3n) is 6.05. The highest BCUT2D eigenvalue weighted by molar-refractivity contribution is 5.90. The van der Waals surface area contributed by atoms with Crippen molar-refractivity contribution in [2.45, 2.75) is 45.3 Å². The van der Waals surface area contributed by atoms with Gasteiger partial charge in [-0.3, -0.25) is 9.59 Å². The summed E-state index contributed by atoms with van der Waals surface area (Å²) in [6.45, 7) is 8.78. The molecule has 124 valence electrons. The Morgan fingerprint density at radius 1 is 1.14 bits per heavy atom. The molecule has 2 amide bonds. The Bertz CT molecular complexity index is 485. The van der Waals surface area contributed by atoms with Crippen molar-refractivity contribution in [3.05, 3.63) is 0 Å². The average Bonchev–Trinajstić information content (AvgIpc) is 2.53. The highest BCUT2D eigenvalue weighted by atomic mass is 16.5. The van der Waals surface area contributed by atoms with Gasteiger partial charge in [-0.15, -0.1) is 0 Å². The van der Waals surface area contributed by atoms with Crippen LogP contribution in [0, 0.1) is 11.3 Å². The number of hydrogen-bond acceptors (Lipinski definition) is 4. The zero-order valence-electron chi connectivity index (χ0n) is 13.8. The smallest absolute Gasteiger partial charge is 0.243 e. The Morgan fingerprint density at radius 2 is 1.73 bits per heavy atom. The molecule has 3 fully saturated rings. The van der Waals surface area contributed by atoms with Crippen LogP contribution in [-0.4, -0.2) is 66.0 Å². The van der Waals surface area contributed by atoms with Gasteiger partial charge in [0, 0.05) is 51.0 Å². The van der Waals surface area contributed by atoms with Crippen LogP contribution in [0.1, 0.15) is 33.6 Å². The van der Waals surface area contributed by atoms with E-state index in [4.69, 9.17) is 10.5 Å². The zero-order valence-corrected chi connectivity index (χ0v) is 13.8. The molecule has 6 nitrogen and oxygen atoms in total. The van der Waals surface area contributed by atoms with Gasteiger partial charge >= 0.3 is 0 Å². The minimum Gasteiger partial charge on any atom is -0.377 e. The molecule has 0 bridgehead atoms. The molecular weight excluding hydrogens is 282 g/mol. The first-order valence-electron chi connectivity index (χ1n) is 8.25. The molecule has 0 radical (unpaired) electrons. The molecule has 2 heterocycles. The largest absolute Gasteiger partial charge is 0.377 e. The third-order valence-corrected chi connectivity index (χ3v) is 6.05. The number of carbonyl (C=O) groups excluding carboxylic acids is 2. The van der Waals surface area contributed by atoms with Gasteiger partial charge in [0.2, 0.25) is 11.8 Å². The predicted molar refractivity (Wildman–Crippen MR) is 82.0 cm³/mol. The number of ether oxygens (including phenoxy) is 1. The quantitative estimate of drug-likeness (QED) is 0.751. The van der Waals surface area contributed by atoms with E-state index < -0.39 is 5.54 Å². The maximum absolute atomic E-state index is 13.1. The number of rotatable bonds is 1. The first kappa shape index (κ1) is 15.7. The van der Waals surface area contributed by atoms with E-state index in [0.29, 0.717) is 26.2 Å². The second-order valence-electron chi connectivity index (χ2n) is 7.43. The van der Waals surface area contributed by atoms with Crippen LogP contribution < -0.4 is 5.73 Å². The Balaban J connectivity index is 1.73. The van der Waals surface area contributed by atoms with Crippen molar-refractivity contribution >= 4 is 11.8 Å². The summed E-state index contributed by atoms with van der Waals surface area (Å²) in [5.74, 6) is 0.223. The number of fused-ring (bicyclic) bond motifs is 1. The van der Waals surface area contributed by atoms with Gasteiger partial charge in [0.1, 0.15) is 5.54 Å². The van der Waals surface area contributed by atoms with Gasteiger partial charge in [0.05, 0.1) is 6.10 Å². The minimum atomic E-state index is -0.837. The number of hydrogen-bond donors (Lipinski definition) is 1. The van der Waals surface area contributed by atoms with Crippen molar-refractivity contribution in [2.75, 3.05) is 32.8 Å². The molecule has 3 aliphatic rings. The summed E-state index contributed by atoms with van der Waals surface area (Å²) in [4.78, 5) is 28.1. The SMILES string of the molecule is CC(=O)N1CCN(C(=O)C2(N)C3CCCOC3C2(C)C)CC1. The Kier molecular flexibility index (Phi) is 3.72. The summed E-state index contributed by atoms with van der Waals surface area (Å²) in [7, 11) is 0. The normalized spacial score (nSPS) is 37.3. The summed E-state index contributed by atoms with van der Waals surface area (Å²) in [5, 5.41) is 0. The number of carbonyl (C=O) groups is 2. The molecular formula is C16H27N3O3. The van der Waals surface area contributed by atoms with E-state index in [1.54, 1.807) is 11.8 Å². The van der Waals surface area contributed by atoms with Crippen LogP contribution in [-0.2, 0) is 14.3 Å². The molecule has 2 N–H and O–H groups in total. The highest BCUT2D eigenvalue weighted by Crippen LogP contribution is 2.57. The van der Waals surface area contributed by atoms with E-state index in [0.717, 1.165) is 19.4 Å². The molecule has 0 aromatic carbocycles. The van der Waals surface area contributed by atoms with E-state index in [1.807, 2.05) is 18.7 Å². The lowest BCUT2D eigenvalue weighted by Crippen LogP contribution is -2.82. The summed E-state index contributed by atoms with van der Waals surface area (Å²) in [5.41, 5.74) is 5.48. The third kappa shape index (κ3) is 2.00. The molecule has 1 aliphatic carbocycles. The molecule has 2 saturated heterocycles. The molecule has 0 aromatic heterocycles. The number of amides is 2. The average molecular weight is 309 g/mol. The molecule has 3 atom stereocenters. The van der Waals surface area contributed by atoms with E-state index in [-0.39, 0.29) is 29.3 Å². The standard InChI is InChI=1S/C16H27N3O3/c1-11(20)18-6-8-19(9-7-18)14(21)16(17)12-5-4-10-22-13(12)15(16,2)3/h12-13H,4-10,17H2,1-3H3. The van der Waals surface area contributed by atoms with Crippen molar-refractivity contribution in [3.8, 4) is 0 Å². The Morgan fingerprint density at radius 3 is 2.32 bits per heavy atom. The second kappa shape index (κ2) is 5.20. The van der Waals surface area contributed by atoms with Crippen molar-refractivity contribution in [1.82, 2.24) is 9.80 Å². The van der Waals surface area contributed by atoms with Gasteiger partial charge in [-0.2, -0.15) is 0 Å². The lowest BCUT2D eigenvalue weighted by Gasteiger charge is -2.66. The van der Waals surface area contributed by atoms with E-state index in [1.165, 1.54) is 0 Å². The Labute approximate surface area is 131 Å². The number of nitrogens with zero attached hydrogens (tertiary/aromatic N) is 2. The van der Waals surface area contributed by atoms with E-state index in [9.17, 15) is 9.59 Å². The zero-order chi connectivity index (χ0) is 16.1. The van der Waals surface area contributed by atoms with E-state index >= 15 is 0 Å². The van der Waals surface area contributed by atoms with Crippen molar-refractivity contribution in [3.63, 3.8) is 0 Å². The fourth-order valence-electron chi connectivity index (χ4n) is 4.50. The molecule has 0 aromatic rings. The van der Waals surface area contributed by atoms with Gasteiger partial charge in [0.15, 0.2) is 0 Å². The predicted octanol–water partition coefficient (Wildman–Crippen LogP) is 0.210. The monoisotopic (exact) mass is 309 g/mol. The Hall–Kier alpha value is -1.14. The fourth-order valence-corrected chi connectivity index (χ4v) is 4.50. The second-order valence-corrected chi connectivity index (χ2v) is 7.43. The van der Waals surface area contributed by atoms with Crippen LogP contribution in [0.4, 0.5) is 0 Å². The maximum Gasteiger partial charge on any atom is 0.243 e.